The van der Waals surface area contributed by atoms with Gasteiger partial charge in [0.15, 0.2) is 0 Å². The van der Waals surface area contributed by atoms with Crippen LogP contribution in [-0.4, -0.2) is 163 Å². The standard InChI is InChI=1S/4C22H38O5/c4*1-4-5-14-22(2,26)15-10-12-18-17(19(23)16-20(18)24)11-8-6-7-9-13-21(25)27-3/h4*10,12,17-18,20,24,26H,4-9,11,13-16H2,1-3H3/b4*12-10+/t17-,18-,20+,22-;17-,18-,20-,22+;2*17-,18-,20-,22-/m1110/s1. The first-order valence-corrected chi connectivity index (χ1v) is 41.9. The molecule has 0 aromatic carbocycles. The van der Waals surface area contributed by atoms with E-state index in [0.717, 1.165) is 205 Å². The smallest absolute Gasteiger partial charge is 0.305 e. The zero-order valence-corrected chi connectivity index (χ0v) is 69.1. The first-order chi connectivity index (χ1) is 51.2. The fourth-order valence-corrected chi connectivity index (χ4v) is 15.3. The van der Waals surface area contributed by atoms with Gasteiger partial charge in [0.2, 0.25) is 0 Å². The predicted octanol–water partition coefficient (Wildman–Crippen LogP) is 15.8. The first-order valence-electron chi connectivity index (χ1n) is 41.9. The summed E-state index contributed by atoms with van der Waals surface area (Å²) >= 11 is 0. The fraction of sp³-hybridized carbons (Fsp3) is 0.818. The lowest BCUT2D eigenvalue weighted by Crippen LogP contribution is -2.23. The Bertz CT molecular complexity index is 2280. The van der Waals surface area contributed by atoms with Gasteiger partial charge in [0.05, 0.1) is 75.3 Å². The molecule has 0 aliphatic heterocycles. The summed E-state index contributed by atoms with van der Waals surface area (Å²) in [6.45, 7) is 15.8. The number of aliphatic hydroxyl groups excluding tert-OH is 4. The molecule has 20 heteroatoms. The van der Waals surface area contributed by atoms with Crippen molar-refractivity contribution in [2.24, 2.45) is 47.3 Å². The fourth-order valence-electron chi connectivity index (χ4n) is 15.3. The van der Waals surface area contributed by atoms with Crippen LogP contribution in [0.5, 0.6) is 0 Å². The number of Topliss-reactive ketones (excluding diaryl/α,β-unsaturated/α-hetero) is 4. The largest absolute Gasteiger partial charge is 0.469 e. The quantitative estimate of drug-likeness (QED) is 0.0121. The van der Waals surface area contributed by atoms with Crippen LogP contribution in [-0.2, 0) is 57.3 Å². The minimum atomic E-state index is -0.727. The topological polar surface area (TPSA) is 335 Å². The molecule has 0 radical (unpaired) electrons. The van der Waals surface area contributed by atoms with Crippen molar-refractivity contribution < 1.29 is 98.2 Å². The minimum Gasteiger partial charge on any atom is -0.469 e. The summed E-state index contributed by atoms with van der Waals surface area (Å²) in [4.78, 5) is 93.3. The van der Waals surface area contributed by atoms with Crippen LogP contribution in [0.3, 0.4) is 0 Å². The second-order valence-electron chi connectivity index (χ2n) is 32.7. The number of hydrogen-bond acceptors (Lipinski definition) is 20. The van der Waals surface area contributed by atoms with E-state index in [1.807, 2.05) is 76.3 Å². The molecule has 0 heterocycles. The Morgan fingerprint density at radius 1 is 0.315 bits per heavy atom. The van der Waals surface area contributed by atoms with E-state index in [2.05, 4.69) is 46.6 Å². The van der Waals surface area contributed by atoms with Crippen LogP contribution in [0.25, 0.3) is 0 Å². The molecular formula is C88H152O20. The number of esters is 4. The second kappa shape index (κ2) is 57.3. The molecule has 624 valence electrons. The van der Waals surface area contributed by atoms with Gasteiger partial charge >= 0.3 is 23.9 Å². The van der Waals surface area contributed by atoms with Gasteiger partial charge in [-0.15, -0.1) is 0 Å². The van der Waals surface area contributed by atoms with Crippen molar-refractivity contribution >= 4 is 47.0 Å². The van der Waals surface area contributed by atoms with E-state index in [4.69, 9.17) is 0 Å². The highest BCUT2D eigenvalue weighted by atomic mass is 16.5. The maximum atomic E-state index is 12.2. The number of hydrogen-bond donors (Lipinski definition) is 8. The summed E-state index contributed by atoms with van der Waals surface area (Å²) in [6.07, 6.45) is 46.8. The number of rotatable bonds is 52. The molecule has 0 unspecified atom stereocenters. The monoisotopic (exact) mass is 1530 g/mol. The molecule has 4 fully saturated rings. The molecule has 0 spiro atoms. The van der Waals surface area contributed by atoms with E-state index in [9.17, 15) is 79.2 Å². The van der Waals surface area contributed by atoms with Crippen molar-refractivity contribution in [3.63, 3.8) is 0 Å². The van der Waals surface area contributed by atoms with Crippen LogP contribution in [0.15, 0.2) is 48.6 Å². The number of methoxy groups -OCH3 is 4. The van der Waals surface area contributed by atoms with E-state index in [-0.39, 0.29) is 120 Å². The Hall–Kier alpha value is -4.80. The number of carbonyl (C=O) groups excluding carboxylic acids is 8. The highest BCUT2D eigenvalue weighted by Crippen LogP contribution is 2.39. The van der Waals surface area contributed by atoms with Gasteiger partial charge in [-0.25, -0.2) is 0 Å². The van der Waals surface area contributed by atoms with E-state index >= 15 is 0 Å². The molecule has 0 bridgehead atoms. The first kappa shape index (κ1) is 101. The maximum Gasteiger partial charge on any atom is 0.305 e. The Labute approximate surface area is 651 Å². The van der Waals surface area contributed by atoms with E-state index in [0.29, 0.717) is 51.4 Å². The SMILES string of the molecule is CCCC[C@@](C)(O)C/C=C/[C@H]1[C@@H](O)CC(=O)[C@@H]1CCCCCCC(=O)OC.CCCC[C@@](C)(O)C/C=C/[C@H]1[C@H](O)CC(=O)[C@@H]1CCCCCCC(=O)OC.CCCC[C@](C)(O)C/C=C/[C@H]1[C@H](CCCCCCC(=O)OC)C(=O)C[C@@H]1O.CCCC[C@](C)(O)C/C=C/[C@H]1[C@H](O)CC(=O)[C@@H]1CCCCCCC(=O)OC. The van der Waals surface area contributed by atoms with Crippen molar-refractivity contribution in [2.75, 3.05) is 28.4 Å². The van der Waals surface area contributed by atoms with Gasteiger partial charge < -0.3 is 59.8 Å². The number of ether oxygens (including phenoxy) is 4. The van der Waals surface area contributed by atoms with Gasteiger partial charge in [-0.1, -0.05) is 205 Å². The third kappa shape index (κ3) is 44.4. The maximum absolute atomic E-state index is 12.2. The molecule has 4 saturated carbocycles. The summed E-state index contributed by atoms with van der Waals surface area (Å²) in [5.41, 5.74) is -2.91. The summed E-state index contributed by atoms with van der Waals surface area (Å²) in [5, 5.41) is 82.5. The molecule has 8 N–H and O–H groups in total. The molecule has 16 atom stereocenters. The van der Waals surface area contributed by atoms with Crippen molar-refractivity contribution in [2.45, 2.75) is 385 Å². The molecule has 0 aromatic heterocycles. The normalized spacial score (nSPS) is 25.1. The van der Waals surface area contributed by atoms with Crippen LogP contribution in [0, 0.1) is 47.3 Å². The van der Waals surface area contributed by atoms with Crippen LogP contribution in [0.4, 0.5) is 0 Å². The zero-order chi connectivity index (χ0) is 81.1. The van der Waals surface area contributed by atoms with Gasteiger partial charge in [0, 0.05) is 98.7 Å². The lowest BCUT2D eigenvalue weighted by atomic mass is 9.87. The summed E-state index contributed by atoms with van der Waals surface area (Å²) < 4.78 is 18.5. The van der Waals surface area contributed by atoms with Crippen molar-refractivity contribution in [1.82, 2.24) is 0 Å². The van der Waals surface area contributed by atoms with Crippen LogP contribution in [0.1, 0.15) is 338 Å². The number of unbranched alkanes of at least 4 members (excludes halogenated alkanes) is 16. The van der Waals surface area contributed by atoms with E-state index < -0.39 is 46.8 Å². The molecule has 108 heavy (non-hydrogen) atoms. The lowest BCUT2D eigenvalue weighted by molar-refractivity contribution is -0.141. The van der Waals surface area contributed by atoms with Gasteiger partial charge in [0.1, 0.15) is 23.1 Å². The van der Waals surface area contributed by atoms with Gasteiger partial charge in [-0.05, 0) is 130 Å². The average Bonchev–Trinajstić information content (AvgIpc) is 1.71. The third-order valence-corrected chi connectivity index (χ3v) is 22.4. The van der Waals surface area contributed by atoms with Crippen LogP contribution in [0.2, 0.25) is 0 Å². The number of ketones is 4. The zero-order valence-electron chi connectivity index (χ0n) is 69.1. The predicted molar refractivity (Wildman–Crippen MR) is 425 cm³/mol. The Morgan fingerprint density at radius 2 is 0.491 bits per heavy atom. The minimum absolute atomic E-state index is 0.127. The van der Waals surface area contributed by atoms with Gasteiger partial charge in [-0.2, -0.15) is 0 Å². The molecular weight excluding hydrogens is 1380 g/mol. The molecule has 0 aromatic rings. The van der Waals surface area contributed by atoms with Crippen LogP contribution >= 0.6 is 0 Å². The summed E-state index contributed by atoms with van der Waals surface area (Å²) in [6, 6.07) is 0. The van der Waals surface area contributed by atoms with E-state index in [1.54, 1.807) is 0 Å². The molecule has 4 rings (SSSR count). The molecule has 4 aliphatic carbocycles. The van der Waals surface area contributed by atoms with Gasteiger partial charge in [-0.3, -0.25) is 38.4 Å². The lowest BCUT2D eigenvalue weighted by Gasteiger charge is -2.22. The van der Waals surface area contributed by atoms with Crippen LogP contribution < -0.4 is 0 Å². The summed E-state index contributed by atoms with van der Waals surface area (Å²) in [7, 11) is 5.60. The summed E-state index contributed by atoms with van der Waals surface area (Å²) in [5.74, 6) is -1.22. The van der Waals surface area contributed by atoms with E-state index in [1.165, 1.54) is 28.4 Å². The van der Waals surface area contributed by atoms with Gasteiger partial charge in [0.25, 0.3) is 0 Å². The molecule has 0 saturated heterocycles. The molecule has 0 amide bonds. The highest BCUT2D eigenvalue weighted by Gasteiger charge is 2.43. The highest BCUT2D eigenvalue weighted by molar-refractivity contribution is 5.86. The Kier molecular flexibility index (Phi) is 53.7. The number of carbonyl (C=O) groups is 8. The van der Waals surface area contributed by atoms with Crippen molar-refractivity contribution in [3.8, 4) is 0 Å². The number of aliphatic hydroxyl groups is 8. The second-order valence-corrected chi connectivity index (χ2v) is 32.7. The average molecular weight is 1530 g/mol. The molecule has 4 aliphatic rings. The van der Waals surface area contributed by atoms with Crippen molar-refractivity contribution in [1.29, 1.82) is 0 Å². The third-order valence-electron chi connectivity index (χ3n) is 22.4. The molecule has 20 nitrogen and oxygen atoms in total. The Balaban J connectivity index is 0.000000720. The van der Waals surface area contributed by atoms with Crippen molar-refractivity contribution in [3.05, 3.63) is 48.6 Å². The Morgan fingerprint density at radius 3 is 0.657 bits per heavy atom.